The van der Waals surface area contributed by atoms with Crippen LogP contribution in [0.3, 0.4) is 0 Å². The van der Waals surface area contributed by atoms with Crippen LogP contribution in [0, 0.1) is 5.82 Å². The van der Waals surface area contributed by atoms with Crippen molar-refractivity contribution in [1.29, 1.82) is 0 Å². The Labute approximate surface area is 164 Å². The van der Waals surface area contributed by atoms with Crippen molar-refractivity contribution in [2.45, 2.75) is 31.8 Å². The van der Waals surface area contributed by atoms with Crippen LogP contribution in [-0.2, 0) is 14.8 Å². The summed E-state index contributed by atoms with van der Waals surface area (Å²) in [4.78, 5) is 12.3. The van der Waals surface area contributed by atoms with Crippen LogP contribution in [0.4, 0.5) is 15.8 Å². The summed E-state index contributed by atoms with van der Waals surface area (Å²) in [5, 5.41) is 2.63. The first-order valence-electron chi connectivity index (χ1n) is 9.12. The summed E-state index contributed by atoms with van der Waals surface area (Å²) in [5.41, 5.74) is 0.339. The van der Waals surface area contributed by atoms with Crippen LogP contribution in [0.2, 0.25) is 0 Å². The van der Waals surface area contributed by atoms with Crippen LogP contribution < -0.4 is 14.4 Å². The molecule has 0 heterocycles. The summed E-state index contributed by atoms with van der Waals surface area (Å²) in [6.07, 6.45) is 5.63. The van der Waals surface area contributed by atoms with Crippen LogP contribution in [-0.4, -0.2) is 33.2 Å². The SMILES string of the molecule is CS(=O)(=O)N(CC(=O)Nc1ccc(OC2CCCC2)cc1)c1ccccc1F. The highest BCUT2D eigenvalue weighted by Gasteiger charge is 2.23. The van der Waals surface area contributed by atoms with Crippen molar-refractivity contribution in [2.75, 3.05) is 22.4 Å². The third-order valence-electron chi connectivity index (χ3n) is 4.55. The summed E-state index contributed by atoms with van der Waals surface area (Å²) in [7, 11) is -3.84. The summed E-state index contributed by atoms with van der Waals surface area (Å²) in [6.45, 7) is -0.528. The van der Waals surface area contributed by atoms with Gasteiger partial charge in [-0.25, -0.2) is 12.8 Å². The monoisotopic (exact) mass is 406 g/mol. The van der Waals surface area contributed by atoms with E-state index in [1.165, 1.54) is 31.0 Å². The fourth-order valence-electron chi connectivity index (χ4n) is 3.18. The van der Waals surface area contributed by atoms with Crippen LogP contribution in [0.25, 0.3) is 0 Å². The van der Waals surface area contributed by atoms with E-state index in [9.17, 15) is 17.6 Å². The molecule has 0 bridgehead atoms. The van der Waals surface area contributed by atoms with Gasteiger partial charge in [-0.1, -0.05) is 12.1 Å². The third kappa shape index (κ3) is 5.22. The molecule has 0 radical (unpaired) electrons. The number of benzene rings is 2. The van der Waals surface area contributed by atoms with Gasteiger partial charge in [0.2, 0.25) is 15.9 Å². The second-order valence-electron chi connectivity index (χ2n) is 6.82. The van der Waals surface area contributed by atoms with E-state index in [4.69, 9.17) is 4.74 Å². The summed E-state index contributed by atoms with van der Waals surface area (Å²) in [5.74, 6) is -0.554. The zero-order valence-electron chi connectivity index (χ0n) is 15.6. The third-order valence-corrected chi connectivity index (χ3v) is 5.68. The van der Waals surface area contributed by atoms with E-state index in [1.807, 2.05) is 0 Å². The second kappa shape index (κ2) is 8.60. The Morgan fingerprint density at radius 2 is 1.79 bits per heavy atom. The average molecular weight is 406 g/mol. The summed E-state index contributed by atoms with van der Waals surface area (Å²) < 4.78 is 44.7. The number of carbonyl (C=O) groups is 1. The number of amides is 1. The van der Waals surface area contributed by atoms with E-state index < -0.39 is 28.3 Å². The second-order valence-corrected chi connectivity index (χ2v) is 8.72. The topological polar surface area (TPSA) is 75.7 Å². The van der Waals surface area contributed by atoms with Gasteiger partial charge in [0.1, 0.15) is 18.1 Å². The molecule has 1 fully saturated rings. The van der Waals surface area contributed by atoms with Gasteiger partial charge in [-0.05, 0) is 62.1 Å². The molecule has 3 rings (SSSR count). The van der Waals surface area contributed by atoms with E-state index in [2.05, 4.69) is 5.32 Å². The van der Waals surface area contributed by atoms with Crippen molar-refractivity contribution >= 4 is 27.3 Å². The lowest BCUT2D eigenvalue weighted by atomic mass is 10.2. The molecule has 28 heavy (non-hydrogen) atoms. The van der Waals surface area contributed by atoms with E-state index >= 15 is 0 Å². The highest BCUT2D eigenvalue weighted by molar-refractivity contribution is 7.92. The van der Waals surface area contributed by atoms with Gasteiger partial charge in [0.15, 0.2) is 0 Å². The predicted octanol–water partition coefficient (Wildman–Crippen LogP) is 3.55. The standard InChI is InChI=1S/C20H23FN2O4S/c1-28(25,26)23(19-9-5-4-8-18(19)21)14-20(24)22-15-10-12-17(13-11-15)27-16-6-2-3-7-16/h4-5,8-13,16H,2-3,6-7,14H2,1H3,(H,22,24). The van der Waals surface area contributed by atoms with E-state index in [-0.39, 0.29) is 11.8 Å². The molecule has 1 aliphatic carbocycles. The molecule has 0 aliphatic heterocycles. The molecule has 1 saturated carbocycles. The predicted molar refractivity (Wildman–Crippen MR) is 107 cm³/mol. The van der Waals surface area contributed by atoms with Crippen molar-refractivity contribution in [2.24, 2.45) is 0 Å². The van der Waals surface area contributed by atoms with Gasteiger partial charge in [-0.3, -0.25) is 9.10 Å². The van der Waals surface area contributed by atoms with Gasteiger partial charge in [-0.2, -0.15) is 0 Å². The number of nitrogens with zero attached hydrogens (tertiary/aromatic N) is 1. The molecule has 1 amide bonds. The normalized spacial score (nSPS) is 14.6. The first-order chi connectivity index (χ1) is 13.3. The Hall–Kier alpha value is -2.61. The highest BCUT2D eigenvalue weighted by atomic mass is 32.2. The lowest BCUT2D eigenvalue weighted by Crippen LogP contribution is -2.38. The molecule has 0 saturated heterocycles. The fraction of sp³-hybridized carbons (Fsp3) is 0.350. The number of para-hydroxylation sites is 1. The summed E-state index contributed by atoms with van der Waals surface area (Å²) in [6, 6.07) is 12.3. The molecular weight excluding hydrogens is 383 g/mol. The van der Waals surface area contributed by atoms with Crippen LogP contribution in [0.5, 0.6) is 5.75 Å². The maximum absolute atomic E-state index is 14.0. The minimum absolute atomic E-state index is 0.166. The lowest BCUT2D eigenvalue weighted by molar-refractivity contribution is -0.114. The molecule has 0 aromatic heterocycles. The van der Waals surface area contributed by atoms with Gasteiger partial charge in [0.05, 0.1) is 18.0 Å². The zero-order chi connectivity index (χ0) is 20.1. The van der Waals surface area contributed by atoms with E-state index in [0.29, 0.717) is 5.69 Å². The maximum Gasteiger partial charge on any atom is 0.245 e. The van der Waals surface area contributed by atoms with Crippen molar-refractivity contribution in [3.8, 4) is 5.75 Å². The Morgan fingerprint density at radius 1 is 1.14 bits per heavy atom. The molecule has 150 valence electrons. The molecule has 6 nitrogen and oxygen atoms in total. The summed E-state index contributed by atoms with van der Waals surface area (Å²) >= 11 is 0. The number of hydrogen-bond donors (Lipinski definition) is 1. The fourth-order valence-corrected chi connectivity index (χ4v) is 4.04. The number of hydrogen-bond acceptors (Lipinski definition) is 4. The van der Waals surface area contributed by atoms with Crippen molar-refractivity contribution in [3.05, 3.63) is 54.3 Å². The number of sulfonamides is 1. The van der Waals surface area contributed by atoms with E-state index in [0.717, 1.165) is 35.2 Å². The Balaban J connectivity index is 1.65. The first-order valence-corrected chi connectivity index (χ1v) is 11.0. The number of nitrogens with one attached hydrogen (secondary N) is 1. The number of ether oxygens (including phenoxy) is 1. The van der Waals surface area contributed by atoms with Gasteiger partial charge < -0.3 is 10.1 Å². The molecule has 1 N–H and O–H groups in total. The largest absolute Gasteiger partial charge is 0.490 e. The van der Waals surface area contributed by atoms with Crippen molar-refractivity contribution in [3.63, 3.8) is 0 Å². The quantitative estimate of drug-likeness (QED) is 0.763. The van der Waals surface area contributed by atoms with Gasteiger partial charge in [0, 0.05) is 5.69 Å². The minimum Gasteiger partial charge on any atom is -0.490 e. The molecule has 0 atom stereocenters. The Bertz CT molecular complexity index is 925. The molecular formula is C20H23FN2O4S. The molecule has 0 spiro atoms. The number of halogens is 1. The van der Waals surface area contributed by atoms with Crippen molar-refractivity contribution in [1.82, 2.24) is 0 Å². The molecule has 2 aromatic carbocycles. The Kier molecular flexibility index (Phi) is 6.18. The number of rotatable bonds is 7. The van der Waals surface area contributed by atoms with Gasteiger partial charge in [0.25, 0.3) is 0 Å². The Morgan fingerprint density at radius 3 is 2.39 bits per heavy atom. The van der Waals surface area contributed by atoms with Crippen molar-refractivity contribution < 1.29 is 22.3 Å². The lowest BCUT2D eigenvalue weighted by Gasteiger charge is -2.22. The number of anilines is 2. The van der Waals surface area contributed by atoms with Gasteiger partial charge in [-0.15, -0.1) is 0 Å². The minimum atomic E-state index is -3.84. The average Bonchev–Trinajstić information content (AvgIpc) is 3.14. The molecule has 0 unspecified atom stereocenters. The molecule has 1 aliphatic rings. The van der Waals surface area contributed by atoms with E-state index in [1.54, 1.807) is 24.3 Å². The first kappa shape index (κ1) is 20.1. The van der Waals surface area contributed by atoms with Crippen LogP contribution >= 0.6 is 0 Å². The van der Waals surface area contributed by atoms with Gasteiger partial charge >= 0.3 is 0 Å². The molecule has 8 heteroatoms. The maximum atomic E-state index is 14.0. The smallest absolute Gasteiger partial charge is 0.245 e. The van der Waals surface area contributed by atoms with Crippen LogP contribution in [0.15, 0.2) is 48.5 Å². The zero-order valence-corrected chi connectivity index (χ0v) is 16.4. The molecule has 2 aromatic rings. The van der Waals surface area contributed by atoms with Crippen LogP contribution in [0.1, 0.15) is 25.7 Å². The highest BCUT2D eigenvalue weighted by Crippen LogP contribution is 2.25. The number of carbonyl (C=O) groups excluding carboxylic acids is 1.